The Morgan fingerprint density at radius 3 is 0.493 bits per heavy atom. The van der Waals surface area contributed by atoms with Crippen molar-refractivity contribution in [2.75, 3.05) is 52.9 Å². The molecule has 0 N–H and O–H groups in total. The number of rotatable bonds is 70. The third-order valence-electron chi connectivity index (χ3n) is 16.2. The van der Waals surface area contributed by atoms with Gasteiger partial charge in [0.1, 0.15) is 12.2 Å². The largest absolute Gasteiger partial charge is 0.379 e. The fourth-order valence-electron chi connectivity index (χ4n) is 10.9. The summed E-state index contributed by atoms with van der Waals surface area (Å²) >= 11 is 0. The molecule has 0 heterocycles. The summed E-state index contributed by atoms with van der Waals surface area (Å²) in [6, 6.07) is 0. The Labute approximate surface area is 473 Å². The number of hydrogen-bond donors (Lipinski definition) is 0. The van der Waals surface area contributed by atoms with Crippen LogP contribution < -0.4 is 0 Å². The Morgan fingerprint density at radius 2 is 0.307 bits per heavy atom. The van der Waals surface area contributed by atoms with Gasteiger partial charge in [0.25, 0.3) is 0 Å². The summed E-state index contributed by atoms with van der Waals surface area (Å²) in [5, 5.41) is 0. The highest BCUT2D eigenvalue weighted by molar-refractivity contribution is 4.62. The topological polar surface area (TPSA) is 46.2 Å². The summed E-state index contributed by atoms with van der Waals surface area (Å²) in [4.78, 5) is 0. The monoisotopic (exact) mass is 1060 g/mol. The maximum Gasteiger partial charge on any atom is 0.104 e. The van der Waals surface area contributed by atoms with Crippen molar-refractivity contribution in [3.8, 4) is 0 Å². The second kappa shape index (κ2) is 69.9. The molecular weight excluding hydrogens is 921 g/mol. The van der Waals surface area contributed by atoms with E-state index < -0.39 is 0 Å². The third kappa shape index (κ3) is 66.2. The minimum absolute atomic E-state index is 0.0259. The van der Waals surface area contributed by atoms with E-state index in [1.807, 2.05) is 0 Å². The summed E-state index contributed by atoms with van der Waals surface area (Å²) in [5.74, 6) is 0. The van der Waals surface area contributed by atoms with E-state index in [4.69, 9.17) is 23.7 Å². The van der Waals surface area contributed by atoms with Crippen molar-refractivity contribution in [3.05, 3.63) is 0 Å². The molecule has 0 aromatic heterocycles. The van der Waals surface area contributed by atoms with Crippen molar-refractivity contribution in [3.63, 3.8) is 0 Å². The van der Waals surface area contributed by atoms with Gasteiger partial charge >= 0.3 is 0 Å². The summed E-state index contributed by atoms with van der Waals surface area (Å²) < 4.78 is 32.1. The Hall–Kier alpha value is -0.200. The molecule has 2 atom stereocenters. The summed E-state index contributed by atoms with van der Waals surface area (Å²) in [6.45, 7) is 14.9. The van der Waals surface area contributed by atoms with Gasteiger partial charge in [0.05, 0.1) is 26.4 Å². The maximum absolute atomic E-state index is 6.52. The van der Waals surface area contributed by atoms with Gasteiger partial charge in [0.15, 0.2) is 0 Å². The molecule has 75 heavy (non-hydrogen) atoms. The van der Waals surface area contributed by atoms with E-state index in [1.54, 1.807) is 0 Å². The van der Waals surface area contributed by atoms with Gasteiger partial charge in [0.2, 0.25) is 0 Å². The zero-order valence-corrected chi connectivity index (χ0v) is 52.5. The van der Waals surface area contributed by atoms with Crippen molar-refractivity contribution in [1.29, 1.82) is 0 Å². The lowest BCUT2D eigenvalue weighted by Gasteiger charge is -2.22. The molecule has 0 radical (unpaired) electrons. The molecule has 0 aromatic rings. The third-order valence-corrected chi connectivity index (χ3v) is 16.2. The first-order chi connectivity index (χ1) is 37.3. The zero-order chi connectivity index (χ0) is 53.9. The van der Waals surface area contributed by atoms with Crippen LogP contribution >= 0.6 is 0 Å². The maximum atomic E-state index is 6.52. The number of ether oxygens (including phenoxy) is 5. The lowest BCUT2D eigenvalue weighted by Crippen LogP contribution is -2.31. The van der Waals surface area contributed by atoms with Crippen LogP contribution in [0.25, 0.3) is 0 Å². The molecule has 0 saturated carbocycles. The molecule has 0 aliphatic carbocycles. The molecular formula is C70H142O5. The first-order valence-corrected chi connectivity index (χ1v) is 35.2. The Kier molecular flexibility index (Phi) is 69.7. The van der Waals surface area contributed by atoms with E-state index in [1.165, 1.54) is 334 Å². The van der Waals surface area contributed by atoms with Gasteiger partial charge < -0.3 is 23.7 Å². The van der Waals surface area contributed by atoms with Crippen LogP contribution in [0.2, 0.25) is 0 Å². The summed E-state index contributed by atoms with van der Waals surface area (Å²) in [6.07, 6.45) is 77.2. The van der Waals surface area contributed by atoms with Crippen LogP contribution in [0.1, 0.15) is 387 Å². The second-order valence-electron chi connectivity index (χ2n) is 24.1. The fourth-order valence-corrected chi connectivity index (χ4v) is 10.9. The van der Waals surface area contributed by atoms with Gasteiger partial charge in [-0.3, -0.25) is 0 Å². The normalized spacial score (nSPS) is 12.6. The van der Waals surface area contributed by atoms with Crippen LogP contribution in [-0.4, -0.2) is 65.1 Å². The summed E-state index contributed by atoms with van der Waals surface area (Å²) in [7, 11) is 0. The highest BCUT2D eigenvalue weighted by Gasteiger charge is 2.15. The Bertz CT molecular complexity index is 961. The van der Waals surface area contributed by atoms with E-state index in [0.29, 0.717) is 26.4 Å². The van der Waals surface area contributed by atoms with Gasteiger partial charge in [-0.1, -0.05) is 362 Å². The zero-order valence-electron chi connectivity index (χ0n) is 52.5. The lowest BCUT2D eigenvalue weighted by atomic mass is 10.0. The standard InChI is InChI=1S/C70H142O5/c1-5-9-13-17-21-25-29-33-35-37-39-42-46-50-54-58-62-72-66-70(75-64-60-56-52-48-44-40-38-36-34-30-26-22-18-14-10-6-2)68-73-67-69(74-63-59-55-51-47-43-32-28-24-20-16-12-8-4)65-71-61-57-53-49-45-41-31-27-23-19-15-11-7-3/h69-70H,5-68H2,1-4H3. The quantitative estimate of drug-likeness (QED) is 0.0568. The second-order valence-corrected chi connectivity index (χ2v) is 24.1. The average molecular weight is 1060 g/mol. The van der Waals surface area contributed by atoms with E-state index in [-0.39, 0.29) is 12.2 Å². The van der Waals surface area contributed by atoms with E-state index >= 15 is 0 Å². The molecule has 0 bridgehead atoms. The first-order valence-electron chi connectivity index (χ1n) is 35.2. The van der Waals surface area contributed by atoms with Gasteiger partial charge in [-0.15, -0.1) is 0 Å². The van der Waals surface area contributed by atoms with Crippen LogP contribution in [0.5, 0.6) is 0 Å². The van der Waals surface area contributed by atoms with Crippen LogP contribution in [0, 0.1) is 0 Å². The molecule has 0 aromatic carbocycles. The SMILES string of the molecule is CCCCCCCCCCCCCCCCCCOCC(COCC(COCCCCCCCCCCCCCC)OCCCCCCCCCCCCCC)OCCCCCCCCCCCCCCCCCC. The van der Waals surface area contributed by atoms with Gasteiger partial charge in [-0.05, 0) is 25.7 Å². The Balaban J connectivity index is 4.75. The molecule has 5 heteroatoms. The fraction of sp³-hybridized carbons (Fsp3) is 1.00. The molecule has 0 aliphatic rings. The minimum Gasteiger partial charge on any atom is -0.379 e. The molecule has 2 unspecified atom stereocenters. The average Bonchev–Trinajstić information content (AvgIpc) is 3.42. The molecule has 0 aliphatic heterocycles. The van der Waals surface area contributed by atoms with Crippen molar-refractivity contribution in [2.24, 2.45) is 0 Å². The predicted molar refractivity (Wildman–Crippen MR) is 333 cm³/mol. The van der Waals surface area contributed by atoms with E-state index in [2.05, 4.69) is 27.7 Å². The predicted octanol–water partition coefficient (Wildman–Crippen LogP) is 23.7. The number of hydrogen-bond acceptors (Lipinski definition) is 5. The van der Waals surface area contributed by atoms with Gasteiger partial charge in [-0.2, -0.15) is 0 Å². The Morgan fingerprint density at radius 1 is 0.160 bits per heavy atom. The van der Waals surface area contributed by atoms with E-state index in [0.717, 1.165) is 52.1 Å². The minimum atomic E-state index is -0.0265. The van der Waals surface area contributed by atoms with Gasteiger partial charge in [0, 0.05) is 26.4 Å². The summed E-state index contributed by atoms with van der Waals surface area (Å²) in [5.41, 5.74) is 0. The lowest BCUT2D eigenvalue weighted by molar-refractivity contribution is -0.0958. The van der Waals surface area contributed by atoms with Gasteiger partial charge in [-0.25, -0.2) is 0 Å². The van der Waals surface area contributed by atoms with Crippen molar-refractivity contribution in [2.45, 2.75) is 399 Å². The van der Waals surface area contributed by atoms with Crippen LogP contribution in [-0.2, 0) is 23.7 Å². The number of unbranched alkanes of at least 4 members (excludes halogenated alkanes) is 52. The molecule has 5 nitrogen and oxygen atoms in total. The van der Waals surface area contributed by atoms with E-state index in [9.17, 15) is 0 Å². The first kappa shape index (κ1) is 74.8. The van der Waals surface area contributed by atoms with Crippen LogP contribution in [0.4, 0.5) is 0 Å². The molecule has 0 rings (SSSR count). The highest BCUT2D eigenvalue weighted by atomic mass is 16.6. The smallest absolute Gasteiger partial charge is 0.104 e. The molecule has 452 valence electrons. The molecule has 0 saturated heterocycles. The van der Waals surface area contributed by atoms with Crippen molar-refractivity contribution in [1.82, 2.24) is 0 Å². The molecule has 0 fully saturated rings. The molecule has 0 spiro atoms. The van der Waals surface area contributed by atoms with Crippen LogP contribution in [0.3, 0.4) is 0 Å². The van der Waals surface area contributed by atoms with Crippen LogP contribution in [0.15, 0.2) is 0 Å². The van der Waals surface area contributed by atoms with Crippen molar-refractivity contribution < 1.29 is 23.7 Å². The molecule has 0 amide bonds. The van der Waals surface area contributed by atoms with Crippen molar-refractivity contribution >= 4 is 0 Å². The highest BCUT2D eigenvalue weighted by Crippen LogP contribution is 2.18.